The van der Waals surface area contributed by atoms with Crippen LogP contribution in [0.25, 0.3) is 11.3 Å². The molecule has 0 radical (unpaired) electrons. The lowest BCUT2D eigenvalue weighted by Gasteiger charge is -2.07. The van der Waals surface area contributed by atoms with E-state index in [2.05, 4.69) is 34.6 Å². The molecule has 0 saturated heterocycles. The summed E-state index contributed by atoms with van der Waals surface area (Å²) in [6, 6.07) is 8.32. The van der Waals surface area contributed by atoms with Gasteiger partial charge >= 0.3 is 0 Å². The van der Waals surface area contributed by atoms with Crippen molar-refractivity contribution >= 4 is 0 Å². The standard InChI is InChI=1S/C14H19N3O/c1-11-5-3-4-6-13(11)14-12(10-16-17-14)9-15-7-8-18-2/h3-6,10,15H,7-9H2,1-2H3,(H,16,17). The van der Waals surface area contributed by atoms with E-state index in [-0.39, 0.29) is 0 Å². The third-order valence-electron chi connectivity index (χ3n) is 2.93. The molecule has 4 nitrogen and oxygen atoms in total. The Morgan fingerprint density at radius 1 is 1.33 bits per heavy atom. The molecule has 0 aliphatic rings. The van der Waals surface area contributed by atoms with Gasteiger partial charge in [0.1, 0.15) is 0 Å². The number of methoxy groups -OCH3 is 1. The van der Waals surface area contributed by atoms with Crippen LogP contribution in [0, 0.1) is 6.92 Å². The Morgan fingerprint density at radius 2 is 2.17 bits per heavy atom. The van der Waals surface area contributed by atoms with Crippen LogP contribution in [0.1, 0.15) is 11.1 Å². The number of aromatic amines is 1. The quantitative estimate of drug-likeness (QED) is 0.766. The van der Waals surface area contributed by atoms with Crippen LogP contribution in [-0.2, 0) is 11.3 Å². The lowest BCUT2D eigenvalue weighted by atomic mass is 10.0. The van der Waals surface area contributed by atoms with Gasteiger partial charge in [-0.15, -0.1) is 0 Å². The Kier molecular flexibility index (Phi) is 4.50. The normalized spacial score (nSPS) is 10.8. The van der Waals surface area contributed by atoms with E-state index in [4.69, 9.17) is 4.74 Å². The number of nitrogens with one attached hydrogen (secondary N) is 2. The largest absolute Gasteiger partial charge is 0.383 e. The molecule has 0 spiro atoms. The van der Waals surface area contributed by atoms with Crippen molar-refractivity contribution in [3.05, 3.63) is 41.6 Å². The summed E-state index contributed by atoms with van der Waals surface area (Å²) in [6.45, 7) is 4.47. The first-order valence-electron chi connectivity index (χ1n) is 6.11. The molecule has 4 heteroatoms. The zero-order valence-electron chi connectivity index (χ0n) is 10.9. The summed E-state index contributed by atoms with van der Waals surface area (Å²) in [6.07, 6.45) is 1.88. The number of aryl methyl sites for hydroxylation is 1. The van der Waals surface area contributed by atoms with Gasteiger partial charge in [0.25, 0.3) is 0 Å². The number of hydrogen-bond donors (Lipinski definition) is 2. The summed E-state index contributed by atoms with van der Waals surface area (Å²) in [7, 11) is 1.71. The number of hydrogen-bond acceptors (Lipinski definition) is 3. The molecule has 0 atom stereocenters. The van der Waals surface area contributed by atoms with Gasteiger partial charge in [-0.05, 0) is 12.5 Å². The third-order valence-corrected chi connectivity index (χ3v) is 2.93. The van der Waals surface area contributed by atoms with Crippen molar-refractivity contribution in [2.45, 2.75) is 13.5 Å². The molecular weight excluding hydrogens is 226 g/mol. The number of ether oxygens (including phenoxy) is 1. The van der Waals surface area contributed by atoms with Gasteiger partial charge in [-0.25, -0.2) is 0 Å². The second-order valence-corrected chi connectivity index (χ2v) is 4.25. The first-order valence-corrected chi connectivity index (χ1v) is 6.11. The molecule has 0 aliphatic carbocycles. The summed E-state index contributed by atoms with van der Waals surface area (Å²) in [5.74, 6) is 0. The van der Waals surface area contributed by atoms with Gasteiger partial charge in [0.15, 0.2) is 0 Å². The average molecular weight is 245 g/mol. The zero-order valence-corrected chi connectivity index (χ0v) is 10.9. The summed E-state index contributed by atoms with van der Waals surface area (Å²) in [5, 5.41) is 10.6. The van der Waals surface area contributed by atoms with Crippen LogP contribution >= 0.6 is 0 Å². The van der Waals surface area contributed by atoms with E-state index in [1.165, 1.54) is 16.7 Å². The predicted octanol–water partition coefficient (Wildman–Crippen LogP) is 2.12. The molecule has 1 heterocycles. The highest BCUT2D eigenvalue weighted by molar-refractivity contribution is 5.66. The van der Waals surface area contributed by atoms with E-state index < -0.39 is 0 Å². The van der Waals surface area contributed by atoms with Gasteiger partial charge in [0.05, 0.1) is 18.5 Å². The molecule has 18 heavy (non-hydrogen) atoms. The van der Waals surface area contributed by atoms with E-state index in [1.807, 2.05) is 18.3 Å². The van der Waals surface area contributed by atoms with Crippen LogP contribution < -0.4 is 5.32 Å². The van der Waals surface area contributed by atoms with Crippen molar-refractivity contribution in [3.8, 4) is 11.3 Å². The van der Waals surface area contributed by atoms with Gasteiger partial charge in [-0.3, -0.25) is 5.10 Å². The van der Waals surface area contributed by atoms with Gasteiger partial charge in [-0.2, -0.15) is 5.10 Å². The number of aromatic nitrogens is 2. The Hall–Kier alpha value is -1.65. The van der Waals surface area contributed by atoms with E-state index in [0.29, 0.717) is 0 Å². The number of H-pyrrole nitrogens is 1. The molecule has 0 aliphatic heterocycles. The van der Waals surface area contributed by atoms with Crippen LogP contribution in [0.15, 0.2) is 30.5 Å². The van der Waals surface area contributed by atoms with E-state index in [0.717, 1.165) is 25.4 Å². The van der Waals surface area contributed by atoms with Crippen LogP contribution in [-0.4, -0.2) is 30.5 Å². The minimum atomic E-state index is 0.720. The molecule has 0 saturated carbocycles. The maximum absolute atomic E-state index is 5.01. The fourth-order valence-corrected chi connectivity index (χ4v) is 1.93. The maximum atomic E-state index is 5.01. The second kappa shape index (κ2) is 6.33. The SMILES string of the molecule is COCCNCc1cn[nH]c1-c1ccccc1C. The Bertz CT molecular complexity index is 493. The number of benzene rings is 1. The van der Waals surface area contributed by atoms with Crippen LogP contribution in [0.3, 0.4) is 0 Å². The summed E-state index contributed by atoms with van der Waals surface area (Å²) in [5.41, 5.74) is 4.73. The van der Waals surface area contributed by atoms with Gasteiger partial charge in [0, 0.05) is 31.3 Å². The molecule has 1 aromatic carbocycles. The van der Waals surface area contributed by atoms with Crippen LogP contribution in [0.5, 0.6) is 0 Å². The lowest BCUT2D eigenvalue weighted by Crippen LogP contribution is -2.18. The van der Waals surface area contributed by atoms with E-state index >= 15 is 0 Å². The highest BCUT2D eigenvalue weighted by atomic mass is 16.5. The smallest absolute Gasteiger partial charge is 0.0697 e. The summed E-state index contributed by atoms with van der Waals surface area (Å²) < 4.78 is 5.01. The Morgan fingerprint density at radius 3 is 2.94 bits per heavy atom. The lowest BCUT2D eigenvalue weighted by molar-refractivity contribution is 0.199. The molecule has 2 aromatic rings. The monoisotopic (exact) mass is 245 g/mol. The summed E-state index contributed by atoms with van der Waals surface area (Å²) in [4.78, 5) is 0. The fourth-order valence-electron chi connectivity index (χ4n) is 1.93. The van der Waals surface area contributed by atoms with E-state index in [1.54, 1.807) is 7.11 Å². The molecule has 1 aromatic heterocycles. The van der Waals surface area contributed by atoms with Crippen molar-refractivity contribution in [2.75, 3.05) is 20.3 Å². The molecule has 0 fully saturated rings. The predicted molar refractivity (Wildman–Crippen MR) is 72.3 cm³/mol. The fraction of sp³-hybridized carbons (Fsp3) is 0.357. The highest BCUT2D eigenvalue weighted by Gasteiger charge is 2.08. The average Bonchev–Trinajstić information content (AvgIpc) is 2.83. The van der Waals surface area contributed by atoms with Crippen LogP contribution in [0.4, 0.5) is 0 Å². The third kappa shape index (κ3) is 2.97. The Labute approximate surface area is 107 Å². The zero-order chi connectivity index (χ0) is 12.8. The maximum Gasteiger partial charge on any atom is 0.0697 e. The van der Waals surface area contributed by atoms with Crippen molar-refractivity contribution < 1.29 is 4.74 Å². The number of nitrogens with zero attached hydrogens (tertiary/aromatic N) is 1. The molecule has 96 valence electrons. The minimum Gasteiger partial charge on any atom is -0.383 e. The highest BCUT2D eigenvalue weighted by Crippen LogP contribution is 2.24. The first-order chi connectivity index (χ1) is 8.83. The minimum absolute atomic E-state index is 0.720. The molecule has 2 rings (SSSR count). The molecule has 0 amide bonds. The molecule has 2 N–H and O–H groups in total. The van der Waals surface area contributed by atoms with Gasteiger partial charge in [-0.1, -0.05) is 24.3 Å². The van der Waals surface area contributed by atoms with Crippen molar-refractivity contribution in [3.63, 3.8) is 0 Å². The van der Waals surface area contributed by atoms with E-state index in [9.17, 15) is 0 Å². The van der Waals surface area contributed by atoms with Crippen molar-refractivity contribution in [1.82, 2.24) is 15.5 Å². The molecule has 0 bridgehead atoms. The van der Waals surface area contributed by atoms with Crippen LogP contribution in [0.2, 0.25) is 0 Å². The number of rotatable bonds is 6. The summed E-state index contributed by atoms with van der Waals surface area (Å²) >= 11 is 0. The van der Waals surface area contributed by atoms with Crippen molar-refractivity contribution in [2.24, 2.45) is 0 Å². The second-order valence-electron chi connectivity index (χ2n) is 4.25. The molecular formula is C14H19N3O. The molecule has 0 unspecified atom stereocenters. The first kappa shape index (κ1) is 12.8. The van der Waals surface area contributed by atoms with Gasteiger partial charge < -0.3 is 10.1 Å². The Balaban J connectivity index is 2.10. The topological polar surface area (TPSA) is 49.9 Å². The van der Waals surface area contributed by atoms with Crippen molar-refractivity contribution in [1.29, 1.82) is 0 Å². The van der Waals surface area contributed by atoms with Gasteiger partial charge in [0.2, 0.25) is 0 Å².